The van der Waals surface area contributed by atoms with Crippen molar-refractivity contribution in [1.29, 1.82) is 0 Å². The van der Waals surface area contributed by atoms with E-state index in [0.29, 0.717) is 9.73 Å². The van der Waals surface area contributed by atoms with Gasteiger partial charge < -0.3 is 0 Å². The molecule has 0 amide bonds. The van der Waals surface area contributed by atoms with Crippen molar-refractivity contribution in [3.63, 3.8) is 0 Å². The molecular weight excluding hydrogens is 698 g/mol. The Labute approximate surface area is 299 Å². The molecule has 10 atom stereocenters. The SMILES string of the molecule is CC(C)(C)[C]12[CH]3[CH]4[CH]5[CH]1[Fe]45321678[CH]2[CH]1[C]6(CP(C1C3CC4CC(C3)CC1C4)C1C3CC4CC(C3)CC1C4)[C]7(C(P)(c1ccccn1)c1ccccn1)[CH]28. The third kappa shape index (κ3) is 0.898. The zero-order valence-corrected chi connectivity index (χ0v) is 34.1. The average Bonchev–Trinajstić information content (AvgIpc) is 4.06. The third-order valence-electron chi connectivity index (χ3n) is 28.7. The Kier molecular flexibility index (Phi) is 2.60. The van der Waals surface area contributed by atoms with Gasteiger partial charge >= 0.3 is 301 Å². The van der Waals surface area contributed by atoms with Crippen LogP contribution in [0.4, 0.5) is 0 Å². The first kappa shape index (κ1) is 27.3. The second kappa shape index (κ2) is 4.86. The van der Waals surface area contributed by atoms with E-state index in [-0.39, 0.29) is 13.1 Å². The van der Waals surface area contributed by atoms with Crippen LogP contribution in [0, 0.1) is 52.8 Å². The molecule has 270 valence electrons. The van der Waals surface area contributed by atoms with Crippen LogP contribution in [0.3, 0.4) is 0 Å². The van der Waals surface area contributed by atoms with Crippen molar-refractivity contribution in [2.45, 2.75) is 148 Å². The molecule has 0 N–H and O–H groups in total. The van der Waals surface area contributed by atoms with Crippen LogP contribution in [0.25, 0.3) is 0 Å². The van der Waals surface area contributed by atoms with E-state index in [1.165, 1.54) is 40.3 Å². The summed E-state index contributed by atoms with van der Waals surface area (Å²) in [4.78, 5) is 19.6. The second-order valence-corrected chi connectivity index (χ2v) is 52.4. The molecule has 8 saturated carbocycles. The molecule has 10 unspecified atom stereocenters. The van der Waals surface area contributed by atoms with E-state index >= 15 is 0 Å². The van der Waals surface area contributed by atoms with E-state index in [1.807, 2.05) is 0 Å². The third-order valence-corrected chi connectivity index (χ3v) is 78.8. The summed E-state index contributed by atoms with van der Waals surface area (Å²) >= 11 is 0. The molecule has 10 saturated heterocycles. The van der Waals surface area contributed by atoms with Gasteiger partial charge in [-0.25, -0.2) is 0 Å². The predicted octanol–water partition coefficient (Wildman–Crippen LogP) is 12.3. The molecule has 0 radical (unpaired) electrons. The van der Waals surface area contributed by atoms with Gasteiger partial charge in [-0.15, -0.1) is 0 Å². The number of hydrogen-bond acceptors (Lipinski definition) is 2. The van der Waals surface area contributed by atoms with Crippen molar-refractivity contribution >= 4 is 17.2 Å². The zero-order chi connectivity index (χ0) is 33.2. The zero-order valence-electron chi connectivity index (χ0n) is 31.0. The maximum absolute atomic E-state index is 5.48. The summed E-state index contributed by atoms with van der Waals surface area (Å²) in [6, 6.07) is 14.0. The number of fused-ring (bicyclic) bond motifs is 10. The van der Waals surface area contributed by atoms with E-state index in [9.17, 15) is 0 Å². The molecule has 51 heavy (non-hydrogen) atoms. The fraction of sp³-hybridized carbons (Fsp3) is 0.783. The second-order valence-electron chi connectivity index (χ2n) is 26.0. The van der Waals surface area contributed by atoms with Gasteiger partial charge in [-0.3, -0.25) is 0 Å². The van der Waals surface area contributed by atoms with Crippen molar-refractivity contribution < 1.29 is 6.51 Å². The Balaban J connectivity index is 0.925. The van der Waals surface area contributed by atoms with Crippen molar-refractivity contribution in [3.05, 3.63) is 60.2 Å². The standard InChI is InChI=1S/C37H45N2P2.C9H13.Fe/c40-37(33-8-1-3-10-38-33,34-9-2-4-11-39-34)32-7-5-6-27(32)22-41(35-28-14-23-12-24(16-28)17-29(35)15-23)36-30-18-25-13-26(20-30)21-31(36)19-25;1-9(2,3)8-6-4-5-7-8;/h1-11,23-26,28-31,35-36H,12-22,40H2;4-7H,1-3H3;. The van der Waals surface area contributed by atoms with Crippen molar-refractivity contribution in [2.75, 3.05) is 6.16 Å². The summed E-state index contributed by atoms with van der Waals surface area (Å²) in [5.74, 6) is 8.86. The van der Waals surface area contributed by atoms with Gasteiger partial charge in [0, 0.05) is 0 Å². The van der Waals surface area contributed by atoms with Gasteiger partial charge in [0.15, 0.2) is 0 Å². The molecule has 18 aliphatic rings. The summed E-state index contributed by atoms with van der Waals surface area (Å²) in [5.41, 5.74) is 5.57. The van der Waals surface area contributed by atoms with Gasteiger partial charge in [0.25, 0.3) is 0 Å². The Hall–Kier alpha value is -0.321. The first-order chi connectivity index (χ1) is 24.5. The van der Waals surface area contributed by atoms with E-state index < -0.39 is 6.51 Å². The number of nitrogens with zero attached hydrogens (tertiary/aromatic N) is 2. The molecule has 2 aromatic rings. The molecule has 5 heteroatoms. The van der Waals surface area contributed by atoms with Crippen LogP contribution in [0.5, 0.6) is 0 Å². The molecular formula is C46H58FeN2P2. The number of hydrogen-bond donors (Lipinski definition) is 0. The van der Waals surface area contributed by atoms with Gasteiger partial charge in [-0.05, 0) is 0 Å². The van der Waals surface area contributed by atoms with Crippen LogP contribution < -0.4 is 0 Å². The topological polar surface area (TPSA) is 25.8 Å². The van der Waals surface area contributed by atoms with Gasteiger partial charge in [-0.1, -0.05) is 0 Å². The Morgan fingerprint density at radius 3 is 1.47 bits per heavy atom. The molecule has 0 aromatic carbocycles. The van der Waals surface area contributed by atoms with E-state index in [2.05, 4.69) is 78.8 Å². The summed E-state index contributed by atoms with van der Waals surface area (Å²) in [6.07, 6.45) is 22.5. The number of rotatable bonds is 7. The summed E-state index contributed by atoms with van der Waals surface area (Å²) in [7, 11) is 3.85. The monoisotopic (exact) mass is 756 g/mol. The summed E-state index contributed by atoms with van der Waals surface area (Å²) in [5, 5.41) is -0.0901. The predicted molar refractivity (Wildman–Crippen MR) is 206 cm³/mol. The quantitative estimate of drug-likeness (QED) is 0.208. The first-order valence-corrected chi connectivity index (χ1v) is 30.4. The molecule has 8 bridgehead atoms. The maximum atomic E-state index is 5.48. The van der Waals surface area contributed by atoms with Crippen molar-refractivity contribution in [3.8, 4) is 0 Å². The van der Waals surface area contributed by atoms with Crippen LogP contribution in [-0.4, -0.2) is 27.4 Å². The fourth-order valence-electron chi connectivity index (χ4n) is 32.3. The first-order valence-electron chi connectivity index (χ1n) is 22.0. The van der Waals surface area contributed by atoms with Crippen LogP contribution >= 0.6 is 17.2 Å². The van der Waals surface area contributed by atoms with Gasteiger partial charge in [0.05, 0.1) is 0 Å². The molecule has 2 aromatic heterocycles. The van der Waals surface area contributed by atoms with Gasteiger partial charge in [0.1, 0.15) is 0 Å². The van der Waals surface area contributed by atoms with Crippen LogP contribution in [0.15, 0.2) is 48.8 Å². The average molecular weight is 757 g/mol. The van der Waals surface area contributed by atoms with Gasteiger partial charge in [-0.2, -0.15) is 0 Å². The van der Waals surface area contributed by atoms with E-state index in [1.54, 1.807) is 70.4 Å². The van der Waals surface area contributed by atoms with E-state index in [4.69, 9.17) is 9.97 Å². The van der Waals surface area contributed by atoms with Crippen LogP contribution in [0.2, 0.25) is 46.7 Å². The summed E-state index contributed by atoms with van der Waals surface area (Å²) in [6.45, 7) is 4.09. The van der Waals surface area contributed by atoms with E-state index in [0.717, 1.165) is 72.1 Å². The van der Waals surface area contributed by atoms with Crippen molar-refractivity contribution in [1.82, 2.24) is 9.97 Å². The Morgan fingerprint density at radius 1 is 0.647 bits per heavy atom. The molecule has 2 nitrogen and oxygen atoms in total. The fourth-order valence-corrected chi connectivity index (χ4v) is 126. The molecule has 1 spiro atoms. The molecule has 18 fully saturated rings. The van der Waals surface area contributed by atoms with Crippen molar-refractivity contribution in [2.24, 2.45) is 52.8 Å². The normalized spacial score (nSPS) is 73.4. The van der Waals surface area contributed by atoms with Gasteiger partial charge in [0.2, 0.25) is 0 Å². The number of pyridine rings is 2. The molecule has 10 aliphatic heterocycles. The molecule has 12 heterocycles. The van der Waals surface area contributed by atoms with Crippen LogP contribution in [-0.2, 0) is 11.7 Å². The summed E-state index contributed by atoms with van der Waals surface area (Å²) < 4.78 is 2.09. The molecule has 8 aliphatic carbocycles. The Morgan fingerprint density at radius 2 is 1.12 bits per heavy atom. The minimum atomic E-state index is -4.33. The number of aromatic nitrogens is 2. The molecule has 20 rings (SSSR count). The minimum absolute atomic E-state index is 0.0434. The Bertz CT molecular complexity index is 2400. The van der Waals surface area contributed by atoms with Crippen LogP contribution in [0.1, 0.15) is 96.4 Å².